The monoisotopic (exact) mass is 266 g/mol. The lowest BCUT2D eigenvalue weighted by Gasteiger charge is -2.37. The van der Waals surface area contributed by atoms with Crippen LogP contribution in [0.1, 0.15) is 22.8 Å². The Hall–Kier alpha value is -1.46. The number of morpholine rings is 1. The molecule has 1 fully saturated rings. The molecule has 1 saturated heterocycles. The van der Waals surface area contributed by atoms with Gasteiger partial charge in [0.25, 0.3) is 5.91 Å². The SMILES string of the molecule is Cc1ccc(C(=O)N2CC(CN)OCC2C)cc1F. The lowest BCUT2D eigenvalue weighted by molar-refractivity contribution is -0.0426. The van der Waals surface area contributed by atoms with Crippen LogP contribution >= 0.6 is 0 Å². The van der Waals surface area contributed by atoms with Gasteiger partial charge < -0.3 is 15.4 Å². The van der Waals surface area contributed by atoms with E-state index in [-0.39, 0.29) is 23.9 Å². The summed E-state index contributed by atoms with van der Waals surface area (Å²) in [6.07, 6.45) is -0.143. The van der Waals surface area contributed by atoms with Crippen LogP contribution in [-0.2, 0) is 4.74 Å². The fourth-order valence-corrected chi connectivity index (χ4v) is 2.13. The second-order valence-electron chi connectivity index (χ2n) is 4.96. The van der Waals surface area contributed by atoms with Gasteiger partial charge in [-0.15, -0.1) is 0 Å². The Kier molecular flexibility index (Phi) is 4.17. The number of ether oxygens (including phenoxy) is 1. The first-order valence-electron chi connectivity index (χ1n) is 6.41. The van der Waals surface area contributed by atoms with E-state index in [1.54, 1.807) is 24.0 Å². The van der Waals surface area contributed by atoms with Crippen molar-refractivity contribution < 1.29 is 13.9 Å². The van der Waals surface area contributed by atoms with Crippen molar-refractivity contribution in [3.05, 3.63) is 35.1 Å². The molecule has 19 heavy (non-hydrogen) atoms. The lowest BCUT2D eigenvalue weighted by Crippen LogP contribution is -2.52. The van der Waals surface area contributed by atoms with Gasteiger partial charge in [0.15, 0.2) is 0 Å². The van der Waals surface area contributed by atoms with Gasteiger partial charge in [0.05, 0.1) is 18.8 Å². The molecule has 104 valence electrons. The lowest BCUT2D eigenvalue weighted by atomic mass is 10.1. The Morgan fingerprint density at radius 1 is 1.58 bits per heavy atom. The number of carbonyl (C=O) groups excluding carboxylic acids is 1. The first-order chi connectivity index (χ1) is 9.02. The molecule has 0 radical (unpaired) electrons. The maximum atomic E-state index is 13.5. The number of carbonyl (C=O) groups is 1. The summed E-state index contributed by atoms with van der Waals surface area (Å²) in [5, 5.41) is 0. The average Bonchev–Trinajstić information content (AvgIpc) is 2.41. The van der Waals surface area contributed by atoms with Crippen molar-refractivity contribution in [3.63, 3.8) is 0 Å². The van der Waals surface area contributed by atoms with Gasteiger partial charge in [0, 0.05) is 18.7 Å². The topological polar surface area (TPSA) is 55.6 Å². The van der Waals surface area contributed by atoms with Gasteiger partial charge in [-0.2, -0.15) is 0 Å². The second-order valence-corrected chi connectivity index (χ2v) is 4.96. The van der Waals surface area contributed by atoms with Crippen LogP contribution in [0.2, 0.25) is 0 Å². The molecule has 0 aromatic heterocycles. The highest BCUT2D eigenvalue weighted by atomic mass is 19.1. The average molecular weight is 266 g/mol. The molecular formula is C14H19FN2O2. The predicted molar refractivity (Wildman–Crippen MR) is 70.4 cm³/mol. The van der Waals surface area contributed by atoms with E-state index >= 15 is 0 Å². The number of hydrogen-bond acceptors (Lipinski definition) is 3. The summed E-state index contributed by atoms with van der Waals surface area (Å²) in [4.78, 5) is 14.1. The molecule has 1 heterocycles. The zero-order valence-electron chi connectivity index (χ0n) is 11.2. The molecule has 1 aliphatic heterocycles. The van der Waals surface area contributed by atoms with E-state index in [2.05, 4.69) is 0 Å². The van der Waals surface area contributed by atoms with Crippen molar-refractivity contribution in [2.24, 2.45) is 5.73 Å². The Bertz CT molecular complexity index is 479. The highest BCUT2D eigenvalue weighted by molar-refractivity contribution is 5.94. The summed E-state index contributed by atoms with van der Waals surface area (Å²) in [6.45, 7) is 4.87. The van der Waals surface area contributed by atoms with Crippen molar-refractivity contribution in [3.8, 4) is 0 Å². The molecule has 5 heteroatoms. The summed E-state index contributed by atoms with van der Waals surface area (Å²) in [7, 11) is 0. The minimum Gasteiger partial charge on any atom is -0.373 e. The third kappa shape index (κ3) is 2.93. The summed E-state index contributed by atoms with van der Waals surface area (Å²) in [6, 6.07) is 4.53. The highest BCUT2D eigenvalue weighted by Crippen LogP contribution is 2.17. The fraction of sp³-hybridized carbons (Fsp3) is 0.500. The third-order valence-corrected chi connectivity index (χ3v) is 3.45. The zero-order valence-corrected chi connectivity index (χ0v) is 11.2. The van der Waals surface area contributed by atoms with Crippen LogP contribution in [0.15, 0.2) is 18.2 Å². The number of aryl methyl sites for hydroxylation is 1. The van der Waals surface area contributed by atoms with Gasteiger partial charge in [-0.05, 0) is 31.5 Å². The largest absolute Gasteiger partial charge is 0.373 e. The van der Waals surface area contributed by atoms with E-state index in [0.717, 1.165) is 0 Å². The van der Waals surface area contributed by atoms with E-state index < -0.39 is 0 Å². The molecule has 2 unspecified atom stereocenters. The van der Waals surface area contributed by atoms with Crippen molar-refractivity contribution in [1.29, 1.82) is 0 Å². The summed E-state index contributed by atoms with van der Waals surface area (Å²) >= 11 is 0. The predicted octanol–water partition coefficient (Wildman–Crippen LogP) is 1.32. The number of halogens is 1. The highest BCUT2D eigenvalue weighted by Gasteiger charge is 2.29. The Balaban J connectivity index is 2.19. The van der Waals surface area contributed by atoms with Crippen molar-refractivity contribution in [2.75, 3.05) is 19.7 Å². The molecule has 0 saturated carbocycles. The maximum absolute atomic E-state index is 13.5. The molecule has 2 atom stereocenters. The summed E-state index contributed by atoms with van der Waals surface area (Å²) in [5.74, 6) is -0.532. The molecule has 2 rings (SSSR count). The van der Waals surface area contributed by atoms with Crippen LogP contribution in [0.25, 0.3) is 0 Å². The molecule has 0 bridgehead atoms. The van der Waals surface area contributed by atoms with E-state index in [9.17, 15) is 9.18 Å². The van der Waals surface area contributed by atoms with Gasteiger partial charge in [0.2, 0.25) is 0 Å². The van der Waals surface area contributed by atoms with Gasteiger partial charge in [-0.25, -0.2) is 4.39 Å². The van der Waals surface area contributed by atoms with E-state index in [4.69, 9.17) is 10.5 Å². The molecular weight excluding hydrogens is 247 g/mol. The van der Waals surface area contributed by atoms with Crippen LogP contribution in [0.5, 0.6) is 0 Å². The molecule has 1 aromatic carbocycles. The van der Waals surface area contributed by atoms with Gasteiger partial charge in [-0.3, -0.25) is 4.79 Å². The van der Waals surface area contributed by atoms with Gasteiger partial charge in [0.1, 0.15) is 5.82 Å². The second kappa shape index (κ2) is 5.67. The van der Waals surface area contributed by atoms with E-state index in [1.807, 2.05) is 6.92 Å². The molecule has 4 nitrogen and oxygen atoms in total. The normalized spacial score (nSPS) is 23.5. The van der Waals surface area contributed by atoms with E-state index in [0.29, 0.717) is 30.8 Å². The van der Waals surface area contributed by atoms with Gasteiger partial charge >= 0.3 is 0 Å². The standard InChI is InChI=1S/C14H19FN2O2/c1-9-3-4-11(5-13(9)15)14(18)17-7-12(6-16)19-8-10(17)2/h3-5,10,12H,6-8,16H2,1-2H3. The minimum atomic E-state index is -0.359. The van der Waals surface area contributed by atoms with Crippen molar-refractivity contribution in [2.45, 2.75) is 26.0 Å². The molecule has 2 N–H and O–H groups in total. The smallest absolute Gasteiger partial charge is 0.254 e. The third-order valence-electron chi connectivity index (χ3n) is 3.45. The number of amides is 1. The molecule has 1 aromatic rings. The molecule has 1 aliphatic rings. The molecule has 0 aliphatic carbocycles. The number of nitrogens with zero attached hydrogens (tertiary/aromatic N) is 1. The number of rotatable bonds is 2. The van der Waals surface area contributed by atoms with Crippen LogP contribution in [-0.4, -0.2) is 42.6 Å². The van der Waals surface area contributed by atoms with Crippen molar-refractivity contribution >= 4 is 5.91 Å². The summed E-state index contributed by atoms with van der Waals surface area (Å²) in [5.41, 5.74) is 6.47. The minimum absolute atomic E-state index is 0.0281. The Labute approximate surface area is 112 Å². The van der Waals surface area contributed by atoms with E-state index in [1.165, 1.54) is 6.07 Å². The number of benzene rings is 1. The first-order valence-corrected chi connectivity index (χ1v) is 6.41. The maximum Gasteiger partial charge on any atom is 0.254 e. The zero-order chi connectivity index (χ0) is 14.0. The summed E-state index contributed by atoms with van der Waals surface area (Å²) < 4.78 is 19.0. The van der Waals surface area contributed by atoms with Crippen LogP contribution < -0.4 is 5.73 Å². The Morgan fingerprint density at radius 2 is 2.32 bits per heavy atom. The quantitative estimate of drug-likeness (QED) is 0.878. The van der Waals surface area contributed by atoms with Crippen LogP contribution in [0, 0.1) is 12.7 Å². The fourth-order valence-electron chi connectivity index (χ4n) is 2.13. The van der Waals surface area contributed by atoms with Crippen LogP contribution in [0.3, 0.4) is 0 Å². The van der Waals surface area contributed by atoms with Crippen LogP contribution in [0.4, 0.5) is 4.39 Å². The Morgan fingerprint density at radius 3 is 2.95 bits per heavy atom. The van der Waals surface area contributed by atoms with Gasteiger partial charge in [-0.1, -0.05) is 6.07 Å². The van der Waals surface area contributed by atoms with Crippen molar-refractivity contribution in [1.82, 2.24) is 4.90 Å². The molecule has 1 amide bonds. The molecule has 0 spiro atoms. The first kappa shape index (κ1) is 14.0. The number of hydrogen-bond donors (Lipinski definition) is 1. The number of nitrogens with two attached hydrogens (primary N) is 1.